The first-order valence-corrected chi connectivity index (χ1v) is 12.3. The molecule has 1 N–H and O–H groups in total. The Bertz CT molecular complexity index is 1230. The number of esters is 1. The maximum absolute atomic E-state index is 13.5. The quantitative estimate of drug-likeness (QED) is 0.407. The first-order chi connectivity index (χ1) is 17.2. The van der Waals surface area contributed by atoms with E-state index in [1.54, 1.807) is 26.2 Å². The van der Waals surface area contributed by atoms with Gasteiger partial charge in [-0.05, 0) is 43.5 Å². The lowest BCUT2D eigenvalue weighted by Crippen LogP contribution is -2.38. The van der Waals surface area contributed by atoms with Crippen LogP contribution in [0.4, 0.5) is 24.9 Å². The van der Waals surface area contributed by atoms with Gasteiger partial charge in [-0.3, -0.25) is 4.79 Å². The minimum Gasteiger partial charge on any atom is -0.493 e. The van der Waals surface area contributed by atoms with Crippen molar-refractivity contribution in [2.24, 2.45) is 5.92 Å². The van der Waals surface area contributed by atoms with Crippen LogP contribution in [0.25, 0.3) is 10.2 Å². The van der Waals surface area contributed by atoms with E-state index >= 15 is 0 Å². The summed E-state index contributed by atoms with van der Waals surface area (Å²) in [5, 5.41) is 3.48. The number of carbonyl (C=O) groups is 1. The maximum Gasteiger partial charge on any atom is 0.425 e. The number of fused-ring (bicyclic) bond motifs is 1. The second kappa shape index (κ2) is 10.8. The molecule has 0 amide bonds. The molecule has 0 unspecified atom stereocenters. The highest BCUT2D eigenvalue weighted by Crippen LogP contribution is 2.40. The smallest absolute Gasteiger partial charge is 0.425 e. The minimum atomic E-state index is -4.48. The zero-order chi connectivity index (χ0) is 25.9. The van der Waals surface area contributed by atoms with Gasteiger partial charge in [-0.15, -0.1) is 11.3 Å². The SMILES string of the molecule is CCOC(=O)C1CCN(c2nc(NCc3ccc(OC)c(OC)c3)c3cc(C(F)(F)F)sc3n2)CC1. The van der Waals surface area contributed by atoms with Gasteiger partial charge in [0.15, 0.2) is 11.5 Å². The molecule has 12 heteroatoms. The summed E-state index contributed by atoms with van der Waals surface area (Å²) >= 11 is 0.588. The zero-order valence-corrected chi connectivity index (χ0v) is 21.0. The molecular weight excluding hydrogens is 497 g/mol. The second-order valence-electron chi connectivity index (χ2n) is 8.26. The Kier molecular flexibility index (Phi) is 7.72. The van der Waals surface area contributed by atoms with Crippen LogP contribution < -0.4 is 19.7 Å². The van der Waals surface area contributed by atoms with Crippen LogP contribution >= 0.6 is 11.3 Å². The molecule has 2 aromatic heterocycles. The fourth-order valence-corrected chi connectivity index (χ4v) is 4.97. The van der Waals surface area contributed by atoms with E-state index in [2.05, 4.69) is 15.3 Å². The Labute approximate surface area is 210 Å². The number of anilines is 2. The monoisotopic (exact) mass is 524 g/mol. The maximum atomic E-state index is 13.5. The third kappa shape index (κ3) is 5.58. The van der Waals surface area contributed by atoms with Crippen LogP contribution in [0.5, 0.6) is 11.5 Å². The van der Waals surface area contributed by atoms with Gasteiger partial charge in [0, 0.05) is 19.6 Å². The molecule has 1 fully saturated rings. The molecule has 0 saturated carbocycles. The number of rotatable bonds is 8. The van der Waals surface area contributed by atoms with Crippen molar-refractivity contribution in [3.05, 3.63) is 34.7 Å². The Hall–Kier alpha value is -3.28. The number of nitrogens with zero attached hydrogens (tertiary/aromatic N) is 3. The molecule has 1 saturated heterocycles. The van der Waals surface area contributed by atoms with E-state index in [4.69, 9.17) is 14.2 Å². The molecule has 4 rings (SSSR count). The minimum absolute atomic E-state index is 0.203. The van der Waals surface area contributed by atoms with Crippen LogP contribution in [0, 0.1) is 5.92 Å². The lowest BCUT2D eigenvalue weighted by atomic mass is 9.97. The number of halogens is 3. The highest BCUT2D eigenvalue weighted by atomic mass is 32.1. The highest BCUT2D eigenvalue weighted by molar-refractivity contribution is 7.18. The predicted octanol–water partition coefficient (Wildman–Crippen LogP) is 5.12. The van der Waals surface area contributed by atoms with Gasteiger partial charge in [-0.2, -0.15) is 18.2 Å². The molecule has 0 aliphatic carbocycles. The summed E-state index contributed by atoms with van der Waals surface area (Å²) in [5.74, 6) is 1.33. The second-order valence-corrected chi connectivity index (χ2v) is 9.29. The average molecular weight is 525 g/mol. The Morgan fingerprint density at radius 1 is 1.14 bits per heavy atom. The molecule has 0 atom stereocenters. The van der Waals surface area contributed by atoms with Gasteiger partial charge in [0.25, 0.3) is 0 Å². The van der Waals surface area contributed by atoms with E-state index in [1.165, 1.54) is 7.11 Å². The normalized spacial score (nSPS) is 14.7. The van der Waals surface area contributed by atoms with E-state index in [-0.39, 0.29) is 16.7 Å². The first kappa shape index (κ1) is 25.8. The van der Waals surface area contributed by atoms with Crippen molar-refractivity contribution in [1.29, 1.82) is 0 Å². The van der Waals surface area contributed by atoms with Crippen LogP contribution in [-0.2, 0) is 22.3 Å². The van der Waals surface area contributed by atoms with Crippen LogP contribution in [-0.4, -0.2) is 49.9 Å². The number of benzene rings is 1. The first-order valence-electron chi connectivity index (χ1n) is 11.5. The molecule has 0 bridgehead atoms. The molecule has 0 radical (unpaired) electrons. The standard InChI is InChI=1S/C24H27F3N4O4S/c1-4-35-22(32)15-7-9-31(10-8-15)23-29-20(16-12-19(24(25,26)27)36-21(16)30-23)28-13-14-5-6-17(33-2)18(11-14)34-3/h5-6,11-12,15H,4,7-10,13H2,1-3H3,(H,28,29,30). The largest absolute Gasteiger partial charge is 0.493 e. The lowest BCUT2D eigenvalue weighted by molar-refractivity contribution is -0.148. The van der Waals surface area contributed by atoms with Gasteiger partial charge in [0.05, 0.1) is 32.1 Å². The molecular formula is C24H27F3N4O4S. The average Bonchev–Trinajstić information content (AvgIpc) is 3.32. The number of aromatic nitrogens is 2. The van der Waals surface area contributed by atoms with E-state index < -0.39 is 11.1 Å². The van der Waals surface area contributed by atoms with E-state index in [0.717, 1.165) is 11.6 Å². The predicted molar refractivity (Wildman–Crippen MR) is 131 cm³/mol. The van der Waals surface area contributed by atoms with Gasteiger partial charge in [-0.1, -0.05) is 6.07 Å². The summed E-state index contributed by atoms with van der Waals surface area (Å²) in [5.41, 5.74) is 0.836. The number of hydrogen-bond acceptors (Lipinski definition) is 9. The molecule has 3 aromatic rings. The van der Waals surface area contributed by atoms with Crippen LogP contribution in [0.2, 0.25) is 0 Å². The van der Waals surface area contributed by atoms with Crippen molar-refractivity contribution >= 4 is 39.3 Å². The van der Waals surface area contributed by atoms with Crippen molar-refractivity contribution in [2.75, 3.05) is 44.1 Å². The summed E-state index contributed by atoms with van der Waals surface area (Å²) in [6.07, 6.45) is -3.36. The summed E-state index contributed by atoms with van der Waals surface area (Å²) in [7, 11) is 3.07. The van der Waals surface area contributed by atoms with Crippen LogP contribution in [0.15, 0.2) is 24.3 Å². The molecule has 1 aliphatic heterocycles. The number of carbonyl (C=O) groups excluding carboxylic acids is 1. The lowest BCUT2D eigenvalue weighted by Gasteiger charge is -2.31. The van der Waals surface area contributed by atoms with Crippen LogP contribution in [0.3, 0.4) is 0 Å². The molecule has 0 spiro atoms. The van der Waals surface area contributed by atoms with Gasteiger partial charge < -0.3 is 24.4 Å². The van der Waals surface area contributed by atoms with E-state index in [0.29, 0.717) is 79.1 Å². The van der Waals surface area contributed by atoms with Crippen molar-refractivity contribution in [1.82, 2.24) is 9.97 Å². The summed E-state index contributed by atoms with van der Waals surface area (Å²) in [4.78, 5) is 22.5. The Morgan fingerprint density at radius 3 is 2.50 bits per heavy atom. The molecule has 3 heterocycles. The van der Waals surface area contributed by atoms with Crippen molar-refractivity contribution < 1.29 is 32.2 Å². The molecule has 36 heavy (non-hydrogen) atoms. The molecule has 194 valence electrons. The van der Waals surface area contributed by atoms with Crippen LogP contribution in [0.1, 0.15) is 30.2 Å². The summed E-state index contributed by atoms with van der Waals surface area (Å²) in [6, 6.07) is 6.47. The van der Waals surface area contributed by atoms with Crippen molar-refractivity contribution in [2.45, 2.75) is 32.5 Å². The van der Waals surface area contributed by atoms with E-state index in [9.17, 15) is 18.0 Å². The Balaban J connectivity index is 1.61. The van der Waals surface area contributed by atoms with Gasteiger partial charge >= 0.3 is 12.1 Å². The number of thiophene rings is 1. The Morgan fingerprint density at radius 2 is 1.86 bits per heavy atom. The topological polar surface area (TPSA) is 85.8 Å². The third-order valence-electron chi connectivity index (χ3n) is 5.97. The fourth-order valence-electron chi connectivity index (χ4n) is 4.08. The number of hydrogen-bond donors (Lipinski definition) is 1. The molecule has 8 nitrogen and oxygen atoms in total. The number of alkyl halides is 3. The third-order valence-corrected chi connectivity index (χ3v) is 7.04. The van der Waals surface area contributed by atoms with Gasteiger partial charge in [0.2, 0.25) is 5.95 Å². The zero-order valence-electron chi connectivity index (χ0n) is 20.1. The number of ether oxygens (including phenoxy) is 3. The summed E-state index contributed by atoms with van der Waals surface area (Å²) in [6.45, 7) is 3.40. The van der Waals surface area contributed by atoms with Crippen molar-refractivity contribution in [3.63, 3.8) is 0 Å². The van der Waals surface area contributed by atoms with E-state index in [1.807, 2.05) is 11.0 Å². The highest BCUT2D eigenvalue weighted by Gasteiger charge is 2.34. The number of piperidine rings is 1. The van der Waals surface area contributed by atoms with Gasteiger partial charge in [0.1, 0.15) is 15.5 Å². The number of nitrogens with one attached hydrogen (secondary N) is 1. The molecule has 1 aliphatic rings. The fraction of sp³-hybridized carbons (Fsp3) is 0.458. The van der Waals surface area contributed by atoms with Gasteiger partial charge in [-0.25, -0.2) is 4.98 Å². The van der Waals surface area contributed by atoms with Crippen molar-refractivity contribution in [3.8, 4) is 11.5 Å². The molecule has 1 aromatic carbocycles. The number of methoxy groups -OCH3 is 2. The summed E-state index contributed by atoms with van der Waals surface area (Å²) < 4.78 is 56.1.